The molecule has 0 fully saturated rings. The number of aromatic nitrogens is 1. The molecule has 3 N–H and O–H groups in total. The Morgan fingerprint density at radius 3 is 2.50 bits per heavy atom. The normalized spacial score (nSPS) is 10.3. The highest BCUT2D eigenvalue weighted by molar-refractivity contribution is 7.13. The van der Waals surface area contributed by atoms with Crippen molar-refractivity contribution >= 4 is 28.9 Å². The van der Waals surface area contributed by atoms with E-state index in [2.05, 4.69) is 10.3 Å². The van der Waals surface area contributed by atoms with Crippen molar-refractivity contribution in [2.24, 2.45) is 0 Å². The molecule has 1 aromatic carbocycles. The summed E-state index contributed by atoms with van der Waals surface area (Å²) >= 11 is 1.27. The van der Waals surface area contributed by atoms with E-state index in [1.54, 1.807) is 6.92 Å². The van der Waals surface area contributed by atoms with Crippen LogP contribution in [-0.4, -0.2) is 27.1 Å². The minimum Gasteiger partial charge on any atom is -0.507 e. The largest absolute Gasteiger partial charge is 0.507 e. The van der Waals surface area contributed by atoms with Gasteiger partial charge in [-0.2, -0.15) is 0 Å². The van der Waals surface area contributed by atoms with Crippen molar-refractivity contribution < 1.29 is 19.8 Å². The molecule has 20 heavy (non-hydrogen) atoms. The van der Waals surface area contributed by atoms with Gasteiger partial charge in [0, 0.05) is 11.8 Å². The number of nitrogens with zero attached hydrogens (tertiary/aromatic N) is 1. The molecular formula is C13H12N2O4S. The van der Waals surface area contributed by atoms with Crippen LogP contribution in [0.5, 0.6) is 5.75 Å². The molecule has 0 saturated heterocycles. The van der Waals surface area contributed by atoms with Crippen molar-refractivity contribution in [3.8, 4) is 5.75 Å². The van der Waals surface area contributed by atoms with Gasteiger partial charge >= 0.3 is 5.97 Å². The second kappa shape index (κ2) is 5.30. The Bertz CT molecular complexity index is 694. The molecule has 0 bridgehead atoms. The predicted molar refractivity (Wildman–Crippen MR) is 74.6 cm³/mol. The van der Waals surface area contributed by atoms with Crippen molar-refractivity contribution in [2.75, 3.05) is 5.32 Å². The van der Waals surface area contributed by atoms with Gasteiger partial charge < -0.3 is 15.5 Å². The molecular weight excluding hydrogens is 280 g/mol. The first-order chi connectivity index (χ1) is 9.38. The number of rotatable bonds is 3. The first-order valence-corrected chi connectivity index (χ1v) is 6.52. The van der Waals surface area contributed by atoms with E-state index in [9.17, 15) is 14.7 Å². The van der Waals surface area contributed by atoms with Gasteiger partial charge in [-0.05, 0) is 26.0 Å². The quantitative estimate of drug-likeness (QED) is 0.806. The predicted octanol–water partition coefficient (Wildman–Crippen LogP) is 2.42. The summed E-state index contributed by atoms with van der Waals surface area (Å²) in [6, 6.07) is 3.85. The third kappa shape index (κ3) is 2.77. The number of aromatic carboxylic acids is 1. The Labute approximate surface area is 118 Å². The maximum absolute atomic E-state index is 12.0. The molecule has 104 valence electrons. The van der Waals surface area contributed by atoms with Crippen LogP contribution in [0.3, 0.4) is 0 Å². The SMILES string of the molecule is Cc1nc(C)c(C(=O)Nc2ccc(C(=O)O)c(O)c2)s1. The van der Waals surface area contributed by atoms with Crippen molar-refractivity contribution in [3.05, 3.63) is 39.3 Å². The summed E-state index contributed by atoms with van der Waals surface area (Å²) in [5.41, 5.74) is 0.743. The summed E-state index contributed by atoms with van der Waals surface area (Å²) < 4.78 is 0. The Morgan fingerprint density at radius 2 is 2.00 bits per heavy atom. The summed E-state index contributed by atoms with van der Waals surface area (Å²) in [6.07, 6.45) is 0. The molecule has 1 amide bonds. The zero-order valence-electron chi connectivity index (χ0n) is 10.8. The first kappa shape index (κ1) is 14.0. The Kier molecular flexibility index (Phi) is 3.71. The van der Waals surface area contributed by atoms with E-state index in [1.165, 1.54) is 29.5 Å². The van der Waals surface area contributed by atoms with E-state index in [-0.39, 0.29) is 11.5 Å². The van der Waals surface area contributed by atoms with Crippen molar-refractivity contribution in [1.82, 2.24) is 4.98 Å². The lowest BCUT2D eigenvalue weighted by atomic mass is 10.2. The van der Waals surface area contributed by atoms with Crippen LogP contribution in [0.25, 0.3) is 0 Å². The summed E-state index contributed by atoms with van der Waals surface area (Å²) in [4.78, 5) is 27.5. The lowest BCUT2D eigenvalue weighted by molar-refractivity contribution is 0.0693. The maximum atomic E-state index is 12.0. The number of carboxylic acid groups (broad SMARTS) is 1. The third-order valence-corrected chi connectivity index (χ3v) is 3.67. The zero-order valence-corrected chi connectivity index (χ0v) is 11.6. The molecule has 0 saturated carbocycles. The number of hydrogen-bond acceptors (Lipinski definition) is 5. The van der Waals surface area contributed by atoms with E-state index in [0.29, 0.717) is 16.3 Å². The number of aromatic hydroxyl groups is 1. The molecule has 2 aromatic rings. The molecule has 0 spiro atoms. The lowest BCUT2D eigenvalue weighted by Crippen LogP contribution is -2.11. The van der Waals surface area contributed by atoms with E-state index in [1.807, 2.05) is 6.92 Å². The number of carboxylic acids is 1. The van der Waals surface area contributed by atoms with Gasteiger partial charge in [-0.1, -0.05) is 0 Å². The monoisotopic (exact) mass is 292 g/mol. The highest BCUT2D eigenvalue weighted by Crippen LogP contribution is 2.24. The molecule has 1 aromatic heterocycles. The number of hydrogen-bond donors (Lipinski definition) is 3. The molecule has 2 rings (SSSR count). The van der Waals surface area contributed by atoms with E-state index >= 15 is 0 Å². The van der Waals surface area contributed by atoms with Crippen LogP contribution >= 0.6 is 11.3 Å². The second-order valence-corrected chi connectivity index (χ2v) is 5.34. The van der Waals surface area contributed by atoms with Crippen LogP contribution in [0.2, 0.25) is 0 Å². The minimum absolute atomic E-state index is 0.215. The lowest BCUT2D eigenvalue weighted by Gasteiger charge is -2.06. The number of benzene rings is 1. The van der Waals surface area contributed by atoms with E-state index in [4.69, 9.17) is 5.11 Å². The van der Waals surface area contributed by atoms with Crippen molar-refractivity contribution in [3.63, 3.8) is 0 Å². The van der Waals surface area contributed by atoms with Gasteiger partial charge in [-0.15, -0.1) is 11.3 Å². The highest BCUT2D eigenvalue weighted by Gasteiger charge is 2.15. The number of nitrogens with one attached hydrogen (secondary N) is 1. The molecule has 1 heterocycles. The molecule has 0 aliphatic rings. The molecule has 0 atom stereocenters. The average Bonchev–Trinajstić information content (AvgIpc) is 2.68. The highest BCUT2D eigenvalue weighted by atomic mass is 32.1. The van der Waals surface area contributed by atoms with Crippen LogP contribution in [0.1, 0.15) is 30.7 Å². The standard InChI is InChI=1S/C13H12N2O4S/c1-6-11(20-7(2)14-6)12(17)15-8-3-4-9(13(18)19)10(16)5-8/h3-5,16H,1-2H3,(H,15,17)(H,18,19). The fraction of sp³-hybridized carbons (Fsp3) is 0.154. The number of anilines is 1. The molecule has 0 unspecified atom stereocenters. The maximum Gasteiger partial charge on any atom is 0.339 e. The van der Waals surface area contributed by atoms with E-state index in [0.717, 1.165) is 5.01 Å². The van der Waals surface area contributed by atoms with E-state index < -0.39 is 11.7 Å². The number of phenols is 1. The Morgan fingerprint density at radius 1 is 1.30 bits per heavy atom. The molecule has 0 aliphatic heterocycles. The minimum atomic E-state index is -1.23. The smallest absolute Gasteiger partial charge is 0.339 e. The zero-order chi connectivity index (χ0) is 14.9. The van der Waals surface area contributed by atoms with Gasteiger partial charge in [0.2, 0.25) is 0 Å². The number of thiazole rings is 1. The fourth-order valence-corrected chi connectivity index (χ4v) is 2.54. The first-order valence-electron chi connectivity index (χ1n) is 5.70. The van der Waals surface area contributed by atoms with Gasteiger partial charge in [0.05, 0.1) is 10.7 Å². The number of aryl methyl sites for hydroxylation is 2. The van der Waals surface area contributed by atoms with Gasteiger partial charge in [0.25, 0.3) is 5.91 Å². The molecule has 6 nitrogen and oxygen atoms in total. The Balaban J connectivity index is 2.22. The van der Waals surface area contributed by atoms with Crippen LogP contribution in [0.4, 0.5) is 5.69 Å². The van der Waals surface area contributed by atoms with Crippen molar-refractivity contribution in [2.45, 2.75) is 13.8 Å². The van der Waals surface area contributed by atoms with Crippen LogP contribution in [0, 0.1) is 13.8 Å². The summed E-state index contributed by atoms with van der Waals surface area (Å²) in [5, 5.41) is 21.8. The van der Waals surface area contributed by atoms with Crippen LogP contribution in [0.15, 0.2) is 18.2 Å². The summed E-state index contributed by atoms with van der Waals surface area (Å²) in [5.74, 6) is -1.96. The topological polar surface area (TPSA) is 99.5 Å². The van der Waals surface area contributed by atoms with Crippen molar-refractivity contribution in [1.29, 1.82) is 0 Å². The molecule has 0 aliphatic carbocycles. The summed E-state index contributed by atoms with van der Waals surface area (Å²) in [7, 11) is 0. The van der Waals surface area contributed by atoms with Gasteiger partial charge in [0.15, 0.2) is 0 Å². The average molecular weight is 292 g/mol. The second-order valence-electron chi connectivity index (χ2n) is 4.14. The van der Waals surface area contributed by atoms with Crippen LogP contribution < -0.4 is 5.32 Å². The summed E-state index contributed by atoms with van der Waals surface area (Å²) in [6.45, 7) is 3.55. The number of amides is 1. The van der Waals surface area contributed by atoms with Crippen LogP contribution in [-0.2, 0) is 0 Å². The molecule has 0 radical (unpaired) electrons. The fourth-order valence-electron chi connectivity index (χ4n) is 1.72. The van der Waals surface area contributed by atoms with Gasteiger partial charge in [-0.25, -0.2) is 9.78 Å². The van der Waals surface area contributed by atoms with Gasteiger partial charge in [-0.3, -0.25) is 4.79 Å². The van der Waals surface area contributed by atoms with Gasteiger partial charge in [0.1, 0.15) is 16.2 Å². The number of carbonyl (C=O) groups is 2. The Hall–Kier alpha value is -2.41. The number of carbonyl (C=O) groups excluding carboxylic acids is 1. The molecule has 7 heteroatoms. The third-order valence-electron chi connectivity index (χ3n) is 2.60.